The van der Waals surface area contributed by atoms with Crippen LogP contribution in [0, 0.1) is 0 Å². The Bertz CT molecular complexity index is 532. The van der Waals surface area contributed by atoms with E-state index in [-0.39, 0.29) is 10.8 Å². The maximum absolute atomic E-state index is 12.1. The first-order valence-corrected chi connectivity index (χ1v) is 7.15. The first-order chi connectivity index (χ1) is 8.39. The molecule has 0 amide bonds. The second-order valence-electron chi connectivity index (χ2n) is 5.34. The number of nitrogens with zero attached hydrogens (tertiary/aromatic N) is 2. The molecule has 2 atom stereocenters. The van der Waals surface area contributed by atoms with Gasteiger partial charge in [-0.3, -0.25) is 0 Å². The first kappa shape index (κ1) is 13.4. The summed E-state index contributed by atoms with van der Waals surface area (Å²) in [6.07, 6.45) is 1.77. The molecule has 0 aromatic carbocycles. The minimum atomic E-state index is -1.09. The highest BCUT2D eigenvalue weighted by Crippen LogP contribution is 2.20. The second kappa shape index (κ2) is 4.91. The molecule has 98 valence electrons. The topological polar surface area (TPSA) is 52.4 Å². The predicted molar refractivity (Wildman–Crippen MR) is 74.6 cm³/mol. The van der Waals surface area contributed by atoms with Crippen molar-refractivity contribution >= 4 is 16.9 Å². The molecule has 2 aromatic rings. The van der Waals surface area contributed by atoms with Crippen LogP contribution in [0.4, 0.5) is 0 Å². The zero-order valence-corrected chi connectivity index (χ0v) is 12.0. The van der Waals surface area contributed by atoms with Gasteiger partial charge in [0.05, 0.1) is 17.3 Å². The van der Waals surface area contributed by atoms with Crippen molar-refractivity contribution in [1.29, 1.82) is 0 Å². The molecule has 2 unspecified atom stereocenters. The van der Waals surface area contributed by atoms with Crippen LogP contribution in [0.25, 0.3) is 5.52 Å². The Morgan fingerprint density at radius 3 is 2.72 bits per heavy atom. The Morgan fingerprint density at radius 2 is 2.06 bits per heavy atom. The van der Waals surface area contributed by atoms with E-state index in [1.165, 1.54) is 0 Å². The van der Waals surface area contributed by atoms with Crippen LogP contribution in [0.3, 0.4) is 0 Å². The van der Waals surface area contributed by atoms with Crippen LogP contribution >= 0.6 is 0 Å². The van der Waals surface area contributed by atoms with E-state index in [9.17, 15) is 4.55 Å². The van der Waals surface area contributed by atoms with E-state index in [2.05, 4.69) is 9.82 Å². The SMILES string of the molecule is CC(N[S+]([O-])C(C)(C)C)c1cccc2ccnn12. The van der Waals surface area contributed by atoms with E-state index in [1.54, 1.807) is 6.20 Å². The van der Waals surface area contributed by atoms with Gasteiger partial charge in [0.25, 0.3) is 0 Å². The molecule has 0 aliphatic rings. The van der Waals surface area contributed by atoms with Crippen LogP contribution in [0.5, 0.6) is 0 Å². The van der Waals surface area contributed by atoms with Crippen LogP contribution in [-0.4, -0.2) is 18.9 Å². The standard InChI is InChI=1S/C13H19N3OS/c1-10(15-18(17)13(2,3)4)12-7-5-6-11-8-9-14-16(11)12/h5-10,15H,1-4H3. The highest BCUT2D eigenvalue weighted by atomic mass is 32.2. The van der Waals surface area contributed by atoms with Crippen molar-refractivity contribution in [3.8, 4) is 0 Å². The highest BCUT2D eigenvalue weighted by Gasteiger charge is 2.28. The number of aromatic nitrogens is 2. The van der Waals surface area contributed by atoms with Gasteiger partial charge in [-0.15, -0.1) is 4.72 Å². The van der Waals surface area contributed by atoms with Crippen LogP contribution in [0.1, 0.15) is 39.4 Å². The maximum atomic E-state index is 12.1. The third-order valence-corrected chi connectivity index (χ3v) is 4.41. The van der Waals surface area contributed by atoms with E-state index in [1.807, 2.05) is 56.5 Å². The molecule has 4 nitrogen and oxygen atoms in total. The number of hydrogen-bond acceptors (Lipinski definition) is 3. The summed E-state index contributed by atoms with van der Waals surface area (Å²) < 4.78 is 16.8. The van der Waals surface area contributed by atoms with Gasteiger partial charge < -0.3 is 4.55 Å². The summed E-state index contributed by atoms with van der Waals surface area (Å²) >= 11 is -1.09. The molecule has 2 aromatic heterocycles. The third kappa shape index (κ3) is 2.68. The van der Waals surface area contributed by atoms with Gasteiger partial charge >= 0.3 is 0 Å². The first-order valence-electron chi connectivity index (χ1n) is 6.00. The molecule has 5 heteroatoms. The summed E-state index contributed by atoms with van der Waals surface area (Å²) in [4.78, 5) is 0. The lowest BCUT2D eigenvalue weighted by molar-refractivity contribution is 0.526. The molecule has 0 aliphatic heterocycles. The summed E-state index contributed by atoms with van der Waals surface area (Å²) in [5.41, 5.74) is 2.05. The van der Waals surface area contributed by atoms with Crippen molar-refractivity contribution in [3.05, 3.63) is 36.2 Å². The number of hydrogen-bond donors (Lipinski definition) is 1. The van der Waals surface area contributed by atoms with Crippen LogP contribution in [0.2, 0.25) is 0 Å². The van der Waals surface area contributed by atoms with Gasteiger partial charge in [0.1, 0.15) is 4.75 Å². The average Bonchev–Trinajstić information content (AvgIpc) is 2.74. The summed E-state index contributed by atoms with van der Waals surface area (Å²) in [5, 5.41) is 4.29. The largest absolute Gasteiger partial charge is 0.598 e. The fraction of sp³-hybridized carbons (Fsp3) is 0.462. The molecule has 0 bridgehead atoms. The minimum absolute atomic E-state index is 0.0198. The summed E-state index contributed by atoms with van der Waals surface area (Å²) in [5.74, 6) is 0. The van der Waals surface area contributed by atoms with Crippen molar-refractivity contribution in [1.82, 2.24) is 14.3 Å². The molecular weight excluding hydrogens is 246 g/mol. The molecule has 0 saturated heterocycles. The summed E-state index contributed by atoms with van der Waals surface area (Å²) in [7, 11) is 0. The average molecular weight is 265 g/mol. The lowest BCUT2D eigenvalue weighted by Crippen LogP contribution is -2.40. The van der Waals surface area contributed by atoms with Gasteiger partial charge in [0.2, 0.25) is 0 Å². The van der Waals surface area contributed by atoms with Crippen LogP contribution < -0.4 is 4.72 Å². The molecule has 0 radical (unpaired) electrons. The molecule has 0 fully saturated rings. The number of fused-ring (bicyclic) bond motifs is 1. The Labute approximate surface area is 111 Å². The zero-order valence-electron chi connectivity index (χ0n) is 11.2. The Balaban J connectivity index is 2.23. The van der Waals surface area contributed by atoms with Gasteiger partial charge in [-0.2, -0.15) is 5.10 Å². The predicted octanol–water partition coefficient (Wildman–Crippen LogP) is 2.45. The van der Waals surface area contributed by atoms with Crippen molar-refractivity contribution in [3.63, 3.8) is 0 Å². The van der Waals surface area contributed by atoms with Crippen LogP contribution in [0.15, 0.2) is 30.5 Å². The third-order valence-electron chi connectivity index (χ3n) is 2.73. The lowest BCUT2D eigenvalue weighted by atomic mass is 10.2. The lowest BCUT2D eigenvalue weighted by Gasteiger charge is -2.26. The molecule has 0 spiro atoms. The molecule has 1 N–H and O–H groups in total. The van der Waals surface area contributed by atoms with Crippen LogP contribution in [-0.2, 0) is 11.4 Å². The molecular formula is C13H19N3OS. The molecule has 0 saturated carbocycles. The smallest absolute Gasteiger partial charge is 0.136 e. The Kier molecular flexibility index (Phi) is 3.66. The van der Waals surface area contributed by atoms with Gasteiger partial charge in [-0.1, -0.05) is 6.07 Å². The maximum Gasteiger partial charge on any atom is 0.136 e. The highest BCUT2D eigenvalue weighted by molar-refractivity contribution is 7.90. The van der Waals surface area contributed by atoms with E-state index < -0.39 is 11.4 Å². The molecule has 2 rings (SSSR count). The quantitative estimate of drug-likeness (QED) is 0.867. The molecule has 2 heterocycles. The number of pyridine rings is 1. The van der Waals surface area contributed by atoms with Crippen molar-refractivity contribution < 1.29 is 4.55 Å². The van der Waals surface area contributed by atoms with Gasteiger partial charge in [-0.05, 0) is 45.9 Å². The number of nitrogens with one attached hydrogen (secondary N) is 1. The fourth-order valence-corrected chi connectivity index (χ4v) is 2.49. The monoisotopic (exact) mass is 265 g/mol. The van der Waals surface area contributed by atoms with Gasteiger partial charge in [-0.25, -0.2) is 4.52 Å². The number of rotatable bonds is 3. The second-order valence-corrected chi connectivity index (χ2v) is 7.34. The Morgan fingerprint density at radius 1 is 1.33 bits per heavy atom. The van der Waals surface area contributed by atoms with E-state index >= 15 is 0 Å². The summed E-state index contributed by atoms with van der Waals surface area (Å²) in [6, 6.07) is 7.93. The van der Waals surface area contributed by atoms with E-state index in [0.29, 0.717) is 0 Å². The molecule has 18 heavy (non-hydrogen) atoms. The van der Waals surface area contributed by atoms with Crippen molar-refractivity contribution in [2.24, 2.45) is 0 Å². The van der Waals surface area contributed by atoms with Crippen molar-refractivity contribution in [2.45, 2.75) is 38.5 Å². The van der Waals surface area contributed by atoms with Crippen molar-refractivity contribution in [2.75, 3.05) is 0 Å². The van der Waals surface area contributed by atoms with E-state index in [0.717, 1.165) is 11.2 Å². The fourth-order valence-electron chi connectivity index (χ4n) is 1.70. The van der Waals surface area contributed by atoms with Gasteiger partial charge in [0.15, 0.2) is 0 Å². The zero-order chi connectivity index (χ0) is 13.3. The molecule has 0 aliphatic carbocycles. The summed E-state index contributed by atoms with van der Waals surface area (Å²) in [6.45, 7) is 7.87. The minimum Gasteiger partial charge on any atom is -0.598 e. The normalized spacial score (nSPS) is 15.8. The Hall–Kier alpha value is -1.04. The van der Waals surface area contributed by atoms with E-state index in [4.69, 9.17) is 0 Å². The van der Waals surface area contributed by atoms with Gasteiger partial charge in [0, 0.05) is 17.6 Å².